The third-order valence-corrected chi connectivity index (χ3v) is 11.3. The van der Waals surface area contributed by atoms with Crippen molar-refractivity contribution in [1.29, 1.82) is 0 Å². The quantitative estimate of drug-likeness (QED) is 0.103. The Hall–Kier alpha value is -5.34. The number of esters is 1. The molecule has 348 valence electrons. The molecule has 2 heterocycles. The lowest BCUT2D eigenvalue weighted by Gasteiger charge is -2.34. The van der Waals surface area contributed by atoms with Gasteiger partial charge in [0, 0.05) is 38.6 Å². The number of amides is 5. The summed E-state index contributed by atoms with van der Waals surface area (Å²) >= 11 is 0. The van der Waals surface area contributed by atoms with Gasteiger partial charge in [0.15, 0.2) is 0 Å². The normalized spacial score (nSPS) is 15.6. The van der Waals surface area contributed by atoms with E-state index in [0.29, 0.717) is 63.0 Å². The summed E-state index contributed by atoms with van der Waals surface area (Å²) in [6, 6.07) is 15.4. The molecule has 2 saturated heterocycles. The van der Waals surface area contributed by atoms with Crippen LogP contribution in [0.2, 0.25) is 0 Å². The largest absolute Gasteiger partial charge is 0.497 e. The number of nitrogens with zero attached hydrogens (tertiary/aromatic N) is 2. The molecule has 15 nitrogen and oxygen atoms in total. The fraction of sp³-hybridized carbons (Fsp3) is 0.625. The maximum absolute atomic E-state index is 13.9. The zero-order valence-corrected chi connectivity index (χ0v) is 38.5. The summed E-state index contributed by atoms with van der Waals surface area (Å²) < 4.78 is 21.8. The van der Waals surface area contributed by atoms with Crippen molar-refractivity contribution in [3.05, 3.63) is 65.7 Å². The number of nitrogens with one attached hydrogen (secondary N) is 3. The minimum atomic E-state index is -1.23. The van der Waals surface area contributed by atoms with E-state index in [1.807, 2.05) is 96.1 Å². The van der Waals surface area contributed by atoms with Crippen LogP contribution in [0, 0.1) is 17.8 Å². The molecule has 15 heteroatoms. The van der Waals surface area contributed by atoms with Gasteiger partial charge in [-0.2, -0.15) is 0 Å². The van der Waals surface area contributed by atoms with Crippen molar-refractivity contribution < 1.29 is 47.7 Å². The van der Waals surface area contributed by atoms with Gasteiger partial charge in [-0.05, 0) is 134 Å². The maximum atomic E-state index is 13.9. The number of hydrogen-bond donors (Lipinski definition) is 3. The zero-order chi connectivity index (χ0) is 46.0. The van der Waals surface area contributed by atoms with Crippen molar-refractivity contribution in [2.75, 3.05) is 46.4 Å². The van der Waals surface area contributed by atoms with E-state index >= 15 is 0 Å². The Bertz CT molecular complexity index is 1720. The molecular formula is C48H71N5O10. The Balaban J connectivity index is 1.35. The number of benzene rings is 2. The third kappa shape index (κ3) is 18.9. The Morgan fingerprint density at radius 1 is 0.683 bits per heavy atom. The van der Waals surface area contributed by atoms with Gasteiger partial charge in [0.05, 0.1) is 20.1 Å². The molecule has 0 aliphatic carbocycles. The van der Waals surface area contributed by atoms with Gasteiger partial charge in [0.25, 0.3) is 0 Å². The second kappa shape index (κ2) is 24.5. The lowest BCUT2D eigenvalue weighted by molar-refractivity contribution is -0.147. The van der Waals surface area contributed by atoms with Crippen LogP contribution in [0.3, 0.4) is 0 Å². The molecule has 2 aliphatic heterocycles. The number of piperidine rings is 2. The number of carbonyl (C=O) groups excluding carboxylic acids is 6. The summed E-state index contributed by atoms with van der Waals surface area (Å²) in [6.07, 6.45) is 5.47. The highest BCUT2D eigenvalue weighted by molar-refractivity contribution is 5.92. The second-order valence-corrected chi connectivity index (χ2v) is 18.8. The predicted molar refractivity (Wildman–Crippen MR) is 239 cm³/mol. The number of ether oxygens (including phenoxy) is 4. The van der Waals surface area contributed by atoms with Crippen LogP contribution in [-0.4, -0.2) is 109 Å². The monoisotopic (exact) mass is 878 g/mol. The molecule has 0 aromatic heterocycles. The first kappa shape index (κ1) is 50.3. The van der Waals surface area contributed by atoms with Crippen molar-refractivity contribution >= 4 is 35.9 Å². The maximum Gasteiger partial charge on any atom is 0.410 e. The third-order valence-electron chi connectivity index (χ3n) is 11.3. The van der Waals surface area contributed by atoms with Crippen LogP contribution >= 0.6 is 0 Å². The molecule has 0 spiro atoms. The molecule has 1 unspecified atom stereocenters. The number of hydrogen-bond acceptors (Lipinski definition) is 10. The number of likely N-dealkylation sites (tertiary alicyclic amines) is 2. The molecule has 2 fully saturated rings. The van der Waals surface area contributed by atoms with E-state index in [1.165, 1.54) is 0 Å². The molecule has 1 atom stereocenters. The van der Waals surface area contributed by atoms with E-state index in [2.05, 4.69) is 16.0 Å². The highest BCUT2D eigenvalue weighted by Gasteiger charge is 2.31. The van der Waals surface area contributed by atoms with Crippen LogP contribution in [0.4, 0.5) is 9.59 Å². The molecule has 2 aliphatic rings. The standard InChI is InChI=1S/C48H71N5O10/c1-47(2,3)62-45(58)52-27-22-35(23-28-52)13-17-38(18-14-36-24-29-53(30-25-36)46(59)63-48(4,5)6)43(56)50-32-41(54)51-40(31-42(55)61-33-37-11-9-8-10-12-37)44(57)49-26-21-34-15-19-39(60-7)20-16-34/h8-12,15-16,19-20,35-36,38,40H,13-14,17-18,21-33H2,1-7H3,(H,49,57)(H,50,56)(H,51,54). The van der Waals surface area contributed by atoms with Gasteiger partial charge in [-0.1, -0.05) is 42.5 Å². The SMILES string of the molecule is COc1ccc(CCNC(=O)C(CC(=O)OCc2ccccc2)NC(=O)CNC(=O)C(CCC2CCN(C(=O)OC(C)(C)C)CC2)CCC2CCN(C(=O)OC(C)(C)C)CC2)cc1. The lowest BCUT2D eigenvalue weighted by atomic mass is 9.84. The molecule has 5 amide bonds. The average Bonchev–Trinajstić information content (AvgIpc) is 3.24. The zero-order valence-electron chi connectivity index (χ0n) is 38.5. The van der Waals surface area contributed by atoms with Crippen molar-refractivity contribution in [3.63, 3.8) is 0 Å². The number of rotatable bonds is 19. The van der Waals surface area contributed by atoms with E-state index in [1.54, 1.807) is 16.9 Å². The highest BCUT2D eigenvalue weighted by atomic mass is 16.6. The Morgan fingerprint density at radius 2 is 1.21 bits per heavy atom. The molecule has 2 aromatic rings. The predicted octanol–water partition coefficient (Wildman–Crippen LogP) is 6.56. The van der Waals surface area contributed by atoms with Gasteiger partial charge >= 0.3 is 18.2 Å². The minimum absolute atomic E-state index is 0.0165. The van der Waals surface area contributed by atoms with Gasteiger partial charge in [0.2, 0.25) is 17.7 Å². The highest BCUT2D eigenvalue weighted by Crippen LogP contribution is 2.30. The summed E-state index contributed by atoms with van der Waals surface area (Å²) in [7, 11) is 1.59. The molecule has 0 bridgehead atoms. The van der Waals surface area contributed by atoms with Crippen molar-refractivity contribution in [1.82, 2.24) is 25.8 Å². The lowest BCUT2D eigenvalue weighted by Crippen LogP contribution is -2.51. The molecular weight excluding hydrogens is 807 g/mol. The minimum Gasteiger partial charge on any atom is -0.497 e. The Morgan fingerprint density at radius 3 is 1.70 bits per heavy atom. The van der Waals surface area contributed by atoms with Gasteiger partial charge in [-0.3, -0.25) is 19.2 Å². The first-order valence-electron chi connectivity index (χ1n) is 22.5. The van der Waals surface area contributed by atoms with Crippen molar-refractivity contribution in [2.45, 2.75) is 130 Å². The van der Waals surface area contributed by atoms with Gasteiger partial charge < -0.3 is 44.7 Å². The second-order valence-electron chi connectivity index (χ2n) is 18.8. The van der Waals surface area contributed by atoms with Gasteiger partial charge in [-0.25, -0.2) is 9.59 Å². The Kier molecular flexibility index (Phi) is 19.6. The molecule has 3 N–H and O–H groups in total. The number of carbonyl (C=O) groups is 6. The number of methoxy groups -OCH3 is 1. The summed E-state index contributed by atoms with van der Waals surface area (Å²) in [5.74, 6) is -1.10. The molecule has 0 saturated carbocycles. The van der Waals surface area contributed by atoms with Gasteiger partial charge in [-0.15, -0.1) is 0 Å². The van der Waals surface area contributed by atoms with Crippen LogP contribution in [0.1, 0.15) is 110 Å². The topological polar surface area (TPSA) is 182 Å². The van der Waals surface area contributed by atoms with Crippen LogP contribution in [0.5, 0.6) is 5.75 Å². The first-order chi connectivity index (χ1) is 29.9. The van der Waals surface area contributed by atoms with Crippen molar-refractivity contribution in [2.24, 2.45) is 17.8 Å². The van der Waals surface area contributed by atoms with Crippen LogP contribution in [-0.2, 0) is 46.4 Å². The molecule has 4 rings (SSSR count). The van der Waals surface area contributed by atoms with E-state index in [4.69, 9.17) is 18.9 Å². The van der Waals surface area contributed by atoms with E-state index in [0.717, 1.165) is 49.7 Å². The molecule has 0 radical (unpaired) electrons. The van der Waals surface area contributed by atoms with Gasteiger partial charge in [0.1, 0.15) is 29.6 Å². The first-order valence-corrected chi connectivity index (χ1v) is 22.5. The Labute approximate surface area is 373 Å². The molecule has 63 heavy (non-hydrogen) atoms. The van der Waals surface area contributed by atoms with E-state index in [9.17, 15) is 28.8 Å². The summed E-state index contributed by atoms with van der Waals surface area (Å²) in [5.41, 5.74) is 0.606. The fourth-order valence-electron chi connectivity index (χ4n) is 7.72. The average molecular weight is 878 g/mol. The summed E-state index contributed by atoms with van der Waals surface area (Å²) in [4.78, 5) is 82.5. The van der Waals surface area contributed by atoms with Crippen LogP contribution in [0.15, 0.2) is 54.6 Å². The van der Waals surface area contributed by atoms with Crippen molar-refractivity contribution in [3.8, 4) is 5.75 Å². The fourth-order valence-corrected chi connectivity index (χ4v) is 7.72. The summed E-state index contributed by atoms with van der Waals surface area (Å²) in [5, 5.41) is 8.30. The van der Waals surface area contributed by atoms with E-state index in [-0.39, 0.29) is 43.7 Å². The summed E-state index contributed by atoms with van der Waals surface area (Å²) in [6.45, 7) is 13.3. The van der Waals surface area contributed by atoms with E-state index < -0.39 is 41.4 Å². The smallest absolute Gasteiger partial charge is 0.410 e. The van der Waals surface area contributed by atoms with Crippen LogP contribution < -0.4 is 20.7 Å². The molecule has 2 aromatic carbocycles. The van der Waals surface area contributed by atoms with Crippen LogP contribution in [0.25, 0.3) is 0 Å².